The molecular formula is C8H6Cl2N2O5S. The molecule has 0 aliphatic carbocycles. The van der Waals surface area contributed by atoms with E-state index in [1.165, 1.54) is 0 Å². The van der Waals surface area contributed by atoms with Gasteiger partial charge in [0.05, 0.1) is 21.0 Å². The predicted molar refractivity (Wildman–Crippen MR) is 63.2 cm³/mol. The molecule has 0 fully saturated rings. The number of benzene rings is 1. The van der Waals surface area contributed by atoms with Crippen molar-refractivity contribution in [2.75, 3.05) is 0 Å². The van der Waals surface area contributed by atoms with Gasteiger partial charge in [-0.2, -0.15) is 0 Å². The summed E-state index contributed by atoms with van der Waals surface area (Å²) in [6.45, 7) is 0. The van der Waals surface area contributed by atoms with Crippen LogP contribution in [0.1, 0.15) is 20.7 Å². The van der Waals surface area contributed by atoms with Crippen LogP contribution in [0.25, 0.3) is 0 Å². The number of halogens is 2. The second kappa shape index (κ2) is 4.63. The normalized spacial score (nSPS) is 11.2. The van der Waals surface area contributed by atoms with Gasteiger partial charge in [0.2, 0.25) is 0 Å². The van der Waals surface area contributed by atoms with E-state index in [2.05, 4.69) is 0 Å². The first-order chi connectivity index (χ1) is 8.07. The third-order valence-electron chi connectivity index (χ3n) is 1.97. The van der Waals surface area contributed by atoms with Gasteiger partial charge in [0, 0.05) is 10.7 Å². The summed E-state index contributed by atoms with van der Waals surface area (Å²) >= 11 is 5.51. The van der Waals surface area contributed by atoms with Crippen LogP contribution in [0.4, 0.5) is 0 Å². The van der Waals surface area contributed by atoms with Gasteiger partial charge in [0.15, 0.2) is 0 Å². The lowest BCUT2D eigenvalue weighted by Crippen LogP contribution is -2.23. The van der Waals surface area contributed by atoms with E-state index in [1.54, 1.807) is 0 Å². The van der Waals surface area contributed by atoms with Crippen molar-refractivity contribution in [3.63, 3.8) is 0 Å². The number of aromatic hydroxyl groups is 1. The Labute approximate surface area is 111 Å². The molecule has 5 N–H and O–H groups in total. The van der Waals surface area contributed by atoms with Crippen molar-refractivity contribution in [1.82, 2.24) is 0 Å². The lowest BCUT2D eigenvalue weighted by molar-refractivity contribution is 0.0962. The topological polar surface area (TPSA) is 141 Å². The quantitative estimate of drug-likeness (QED) is 0.682. The molecule has 98 valence electrons. The zero-order valence-corrected chi connectivity index (χ0v) is 10.8. The van der Waals surface area contributed by atoms with E-state index in [0.717, 1.165) is 0 Å². The van der Waals surface area contributed by atoms with Crippen molar-refractivity contribution in [2.24, 2.45) is 11.5 Å². The average molecular weight is 313 g/mol. The summed E-state index contributed by atoms with van der Waals surface area (Å²) in [5.41, 5.74) is 8.27. The highest BCUT2D eigenvalue weighted by molar-refractivity contribution is 8.13. The molecule has 0 aliphatic rings. The van der Waals surface area contributed by atoms with Crippen LogP contribution in [-0.2, 0) is 9.05 Å². The van der Waals surface area contributed by atoms with Crippen molar-refractivity contribution in [3.8, 4) is 5.75 Å². The molecule has 0 spiro atoms. The van der Waals surface area contributed by atoms with Crippen molar-refractivity contribution >= 4 is 43.1 Å². The van der Waals surface area contributed by atoms with Crippen molar-refractivity contribution < 1.29 is 23.1 Å². The van der Waals surface area contributed by atoms with E-state index in [0.29, 0.717) is 6.07 Å². The predicted octanol–water partition coefficient (Wildman–Crippen LogP) is 0.171. The zero-order chi connectivity index (χ0) is 14.2. The largest absolute Gasteiger partial charge is 0.506 e. The number of primary amides is 2. The van der Waals surface area contributed by atoms with E-state index in [4.69, 9.17) is 33.8 Å². The Morgan fingerprint density at radius 2 is 1.61 bits per heavy atom. The van der Waals surface area contributed by atoms with Crippen LogP contribution in [0, 0.1) is 0 Å². The summed E-state index contributed by atoms with van der Waals surface area (Å²) < 4.78 is 22.5. The summed E-state index contributed by atoms with van der Waals surface area (Å²) in [7, 11) is 0.675. The third kappa shape index (κ3) is 2.50. The maximum Gasteiger partial charge on any atom is 0.262 e. The van der Waals surface area contributed by atoms with E-state index < -0.39 is 47.7 Å². The smallest absolute Gasteiger partial charge is 0.262 e. The van der Waals surface area contributed by atoms with Gasteiger partial charge in [-0.15, -0.1) is 0 Å². The first-order valence-corrected chi connectivity index (χ1v) is 6.85. The van der Waals surface area contributed by atoms with E-state index in [-0.39, 0.29) is 0 Å². The minimum absolute atomic E-state index is 0.506. The molecule has 0 heterocycles. The second-order valence-electron chi connectivity index (χ2n) is 3.12. The molecule has 0 aliphatic heterocycles. The van der Waals surface area contributed by atoms with Gasteiger partial charge in [-0.25, -0.2) is 8.42 Å². The molecule has 0 saturated carbocycles. The molecule has 2 amide bonds. The lowest BCUT2D eigenvalue weighted by Gasteiger charge is -2.11. The minimum atomic E-state index is -4.41. The fourth-order valence-corrected chi connectivity index (χ4v) is 2.63. The molecule has 0 radical (unpaired) electrons. The molecule has 18 heavy (non-hydrogen) atoms. The van der Waals surface area contributed by atoms with E-state index in [9.17, 15) is 23.1 Å². The maximum atomic E-state index is 11.3. The van der Waals surface area contributed by atoms with Crippen LogP contribution in [0.5, 0.6) is 5.75 Å². The highest BCUT2D eigenvalue weighted by Gasteiger charge is 2.29. The van der Waals surface area contributed by atoms with Crippen LogP contribution < -0.4 is 11.5 Å². The molecular weight excluding hydrogens is 307 g/mol. The minimum Gasteiger partial charge on any atom is -0.506 e. The summed E-state index contributed by atoms with van der Waals surface area (Å²) in [4.78, 5) is 21.5. The molecule has 1 aromatic carbocycles. The van der Waals surface area contributed by atoms with Crippen molar-refractivity contribution in [3.05, 3.63) is 22.2 Å². The highest BCUT2D eigenvalue weighted by Crippen LogP contribution is 2.35. The highest BCUT2D eigenvalue weighted by atomic mass is 35.7. The molecule has 0 aromatic heterocycles. The number of carbonyl (C=O) groups excluding carboxylic acids is 2. The Bertz CT molecular complexity index is 656. The molecule has 1 rings (SSSR count). The number of phenols is 1. The Hall–Kier alpha value is -1.51. The molecule has 0 bridgehead atoms. The van der Waals surface area contributed by atoms with Crippen LogP contribution in [-0.4, -0.2) is 25.3 Å². The van der Waals surface area contributed by atoms with Crippen molar-refractivity contribution in [1.29, 1.82) is 0 Å². The first kappa shape index (κ1) is 14.6. The Morgan fingerprint density at radius 3 is 1.94 bits per heavy atom. The van der Waals surface area contributed by atoms with Gasteiger partial charge in [-0.1, -0.05) is 11.6 Å². The fraction of sp³-hybridized carbons (Fsp3) is 0. The third-order valence-corrected chi connectivity index (χ3v) is 3.61. The summed E-state index contributed by atoms with van der Waals surface area (Å²) in [6.07, 6.45) is 0. The fourth-order valence-electron chi connectivity index (χ4n) is 1.29. The van der Waals surface area contributed by atoms with Crippen LogP contribution in [0.15, 0.2) is 11.0 Å². The monoisotopic (exact) mass is 312 g/mol. The lowest BCUT2D eigenvalue weighted by atomic mass is 10.1. The SMILES string of the molecule is NC(=O)c1c(S(=O)(=O)Cl)cc(Cl)c(O)c1C(N)=O. The molecule has 0 unspecified atom stereocenters. The van der Waals surface area contributed by atoms with E-state index >= 15 is 0 Å². The summed E-state index contributed by atoms with van der Waals surface area (Å²) in [5.74, 6) is -3.41. The number of hydrogen-bond acceptors (Lipinski definition) is 5. The van der Waals surface area contributed by atoms with Crippen LogP contribution in [0.2, 0.25) is 5.02 Å². The number of nitrogens with two attached hydrogens (primary N) is 2. The molecule has 0 atom stereocenters. The van der Waals surface area contributed by atoms with Gasteiger partial charge in [0.1, 0.15) is 5.75 Å². The molecule has 10 heteroatoms. The Morgan fingerprint density at radius 1 is 1.17 bits per heavy atom. The van der Waals surface area contributed by atoms with Gasteiger partial charge in [0.25, 0.3) is 20.9 Å². The molecule has 0 saturated heterocycles. The number of amides is 2. The zero-order valence-electron chi connectivity index (χ0n) is 8.48. The molecule has 1 aromatic rings. The average Bonchev–Trinajstić information content (AvgIpc) is 2.18. The van der Waals surface area contributed by atoms with Gasteiger partial charge in [-0.3, -0.25) is 9.59 Å². The molecule has 7 nitrogen and oxygen atoms in total. The van der Waals surface area contributed by atoms with Crippen molar-refractivity contribution in [2.45, 2.75) is 4.90 Å². The van der Waals surface area contributed by atoms with Crippen LogP contribution in [0.3, 0.4) is 0 Å². The Kier molecular flexibility index (Phi) is 3.75. The summed E-state index contributed by atoms with van der Waals surface area (Å²) in [5, 5.41) is 9.00. The van der Waals surface area contributed by atoms with Gasteiger partial charge < -0.3 is 16.6 Å². The standard InChI is InChI=1S/C8H6Cl2N2O5S/c9-2-1-3(18(10,16)17)4(7(11)14)5(6(2)13)8(12)15/h1,13H,(H2,11,14)(H2,12,15). The maximum absolute atomic E-state index is 11.3. The van der Waals surface area contributed by atoms with Gasteiger partial charge >= 0.3 is 0 Å². The first-order valence-electron chi connectivity index (χ1n) is 4.17. The number of carbonyl (C=O) groups is 2. The van der Waals surface area contributed by atoms with Crippen LogP contribution >= 0.6 is 22.3 Å². The number of rotatable bonds is 3. The second-order valence-corrected chi connectivity index (χ2v) is 6.06. The van der Waals surface area contributed by atoms with E-state index in [1.807, 2.05) is 0 Å². The Balaban J connectivity index is 3.98. The number of hydrogen-bond donors (Lipinski definition) is 3. The van der Waals surface area contributed by atoms with Gasteiger partial charge in [-0.05, 0) is 6.07 Å². The summed E-state index contributed by atoms with van der Waals surface area (Å²) in [6, 6.07) is 0.700.